The SMILES string of the molecule is Cc1c(C#N)c(N)n(-c2cc(Cl)cc(C(F)(F)F)c2)c1C. The topological polar surface area (TPSA) is 54.7 Å². The molecule has 1 heterocycles. The van der Waals surface area contributed by atoms with E-state index in [0.717, 1.165) is 12.1 Å². The number of benzene rings is 1. The van der Waals surface area contributed by atoms with E-state index in [-0.39, 0.29) is 22.1 Å². The fourth-order valence-electron chi connectivity index (χ4n) is 2.17. The van der Waals surface area contributed by atoms with Crippen LogP contribution in [0.15, 0.2) is 18.2 Å². The van der Waals surface area contributed by atoms with Gasteiger partial charge in [-0.25, -0.2) is 0 Å². The van der Waals surface area contributed by atoms with Crippen LogP contribution in [-0.2, 0) is 6.18 Å². The predicted molar refractivity (Wildman–Crippen MR) is 74.4 cm³/mol. The fraction of sp³-hybridized carbons (Fsp3) is 0.214. The van der Waals surface area contributed by atoms with Gasteiger partial charge in [0.15, 0.2) is 0 Å². The molecule has 2 N–H and O–H groups in total. The summed E-state index contributed by atoms with van der Waals surface area (Å²) in [6, 6.07) is 5.13. The summed E-state index contributed by atoms with van der Waals surface area (Å²) < 4.78 is 40.0. The Hall–Kier alpha value is -2.13. The van der Waals surface area contributed by atoms with Crippen LogP contribution in [-0.4, -0.2) is 4.57 Å². The van der Waals surface area contributed by atoms with Crippen molar-refractivity contribution in [3.8, 4) is 11.8 Å². The first-order valence-electron chi connectivity index (χ1n) is 5.92. The van der Waals surface area contributed by atoms with Gasteiger partial charge in [0.05, 0.1) is 11.1 Å². The molecule has 0 spiro atoms. The quantitative estimate of drug-likeness (QED) is 0.857. The number of alkyl halides is 3. The average Bonchev–Trinajstić information content (AvgIpc) is 2.58. The summed E-state index contributed by atoms with van der Waals surface area (Å²) in [4.78, 5) is 0. The van der Waals surface area contributed by atoms with Gasteiger partial charge in [0.1, 0.15) is 11.9 Å². The van der Waals surface area contributed by atoms with Crippen LogP contribution in [0.25, 0.3) is 5.69 Å². The molecule has 0 aliphatic rings. The zero-order chi connectivity index (χ0) is 15.9. The summed E-state index contributed by atoms with van der Waals surface area (Å²) in [5, 5.41) is 9.02. The van der Waals surface area contributed by atoms with Crippen molar-refractivity contribution in [2.45, 2.75) is 20.0 Å². The molecule has 2 rings (SSSR count). The second kappa shape index (κ2) is 5.01. The normalized spacial score (nSPS) is 11.5. The molecule has 0 saturated heterocycles. The second-order valence-electron chi connectivity index (χ2n) is 4.61. The van der Waals surface area contributed by atoms with Crippen LogP contribution < -0.4 is 5.73 Å². The number of nitrogen functional groups attached to an aromatic ring is 1. The van der Waals surface area contributed by atoms with Crippen LogP contribution in [0.5, 0.6) is 0 Å². The maximum atomic E-state index is 12.9. The molecule has 1 aromatic heterocycles. The number of hydrogen-bond donors (Lipinski definition) is 1. The minimum absolute atomic E-state index is 0.0523. The van der Waals surface area contributed by atoms with Gasteiger partial charge < -0.3 is 5.73 Å². The molecule has 0 aliphatic heterocycles. The molecule has 0 bridgehead atoms. The standard InChI is InChI=1S/C14H11ClF3N3/c1-7-8(2)21(13(20)12(7)6-19)11-4-9(14(16,17)18)3-10(15)5-11/h3-5H,20H2,1-2H3. The summed E-state index contributed by atoms with van der Waals surface area (Å²) in [6.45, 7) is 3.37. The number of nitrogens with zero attached hydrogens (tertiary/aromatic N) is 2. The summed E-state index contributed by atoms with van der Waals surface area (Å²) >= 11 is 5.77. The molecule has 0 aliphatic carbocycles. The molecule has 110 valence electrons. The van der Waals surface area contributed by atoms with Crippen LogP contribution in [0.2, 0.25) is 5.02 Å². The molecule has 7 heteroatoms. The number of halogens is 4. The third-order valence-corrected chi connectivity index (χ3v) is 3.55. The lowest BCUT2D eigenvalue weighted by atomic mass is 10.2. The van der Waals surface area contributed by atoms with Gasteiger partial charge in [0.25, 0.3) is 0 Å². The molecular formula is C14H11ClF3N3. The van der Waals surface area contributed by atoms with Gasteiger partial charge in [-0.15, -0.1) is 0 Å². The lowest BCUT2D eigenvalue weighted by Gasteiger charge is -2.13. The molecule has 0 fully saturated rings. The Morgan fingerprint density at radius 2 is 1.86 bits per heavy atom. The highest BCUT2D eigenvalue weighted by Crippen LogP contribution is 2.35. The van der Waals surface area contributed by atoms with Gasteiger partial charge in [-0.05, 0) is 37.6 Å². The van der Waals surface area contributed by atoms with E-state index in [2.05, 4.69) is 0 Å². The van der Waals surface area contributed by atoms with Gasteiger partial charge in [0.2, 0.25) is 0 Å². The lowest BCUT2D eigenvalue weighted by molar-refractivity contribution is -0.137. The third-order valence-electron chi connectivity index (χ3n) is 3.33. The summed E-state index contributed by atoms with van der Waals surface area (Å²) in [7, 11) is 0. The largest absolute Gasteiger partial charge is 0.416 e. The number of anilines is 1. The molecule has 1 aromatic carbocycles. The highest BCUT2D eigenvalue weighted by molar-refractivity contribution is 6.30. The number of rotatable bonds is 1. The Bertz CT molecular complexity index is 754. The van der Waals surface area contributed by atoms with E-state index in [1.54, 1.807) is 13.8 Å². The van der Waals surface area contributed by atoms with Crippen molar-refractivity contribution in [3.05, 3.63) is 45.6 Å². The summed E-state index contributed by atoms with van der Waals surface area (Å²) in [5.74, 6) is 0.0999. The monoisotopic (exact) mass is 313 g/mol. The Balaban J connectivity index is 2.75. The predicted octanol–water partition coefficient (Wildman–Crippen LogP) is 4.22. The first-order chi connectivity index (χ1) is 9.66. The van der Waals surface area contributed by atoms with Crippen LogP contribution in [0, 0.1) is 25.2 Å². The van der Waals surface area contributed by atoms with Crippen molar-refractivity contribution in [1.29, 1.82) is 5.26 Å². The molecule has 2 aromatic rings. The lowest BCUT2D eigenvalue weighted by Crippen LogP contribution is -2.08. The van der Waals surface area contributed by atoms with Crippen molar-refractivity contribution >= 4 is 17.4 Å². The van der Waals surface area contributed by atoms with Crippen LogP contribution in [0.1, 0.15) is 22.4 Å². The number of aromatic nitrogens is 1. The second-order valence-corrected chi connectivity index (χ2v) is 5.05. The molecule has 0 amide bonds. The summed E-state index contributed by atoms with van der Waals surface area (Å²) in [5.41, 5.74) is 6.66. The van der Waals surface area contributed by atoms with E-state index in [1.165, 1.54) is 10.6 Å². The minimum Gasteiger partial charge on any atom is -0.384 e. The van der Waals surface area contributed by atoms with Gasteiger partial charge in [-0.1, -0.05) is 11.6 Å². The Kier molecular flexibility index (Phi) is 3.64. The van der Waals surface area contributed by atoms with E-state index in [0.29, 0.717) is 11.3 Å². The molecule has 0 radical (unpaired) electrons. The van der Waals surface area contributed by atoms with E-state index < -0.39 is 11.7 Å². The van der Waals surface area contributed by atoms with E-state index >= 15 is 0 Å². The fourth-order valence-corrected chi connectivity index (χ4v) is 2.40. The Morgan fingerprint density at radius 3 is 2.33 bits per heavy atom. The highest BCUT2D eigenvalue weighted by atomic mass is 35.5. The number of hydrogen-bond acceptors (Lipinski definition) is 2. The minimum atomic E-state index is -4.51. The van der Waals surface area contributed by atoms with E-state index in [9.17, 15) is 13.2 Å². The van der Waals surface area contributed by atoms with Gasteiger partial charge >= 0.3 is 6.18 Å². The van der Waals surface area contributed by atoms with Crippen molar-refractivity contribution in [3.63, 3.8) is 0 Å². The van der Waals surface area contributed by atoms with Crippen molar-refractivity contribution in [1.82, 2.24) is 4.57 Å². The maximum absolute atomic E-state index is 12.9. The zero-order valence-corrected chi connectivity index (χ0v) is 12.0. The van der Waals surface area contributed by atoms with E-state index in [1.807, 2.05) is 6.07 Å². The van der Waals surface area contributed by atoms with Gasteiger partial charge in [-0.3, -0.25) is 4.57 Å². The highest BCUT2D eigenvalue weighted by Gasteiger charge is 2.31. The summed E-state index contributed by atoms with van der Waals surface area (Å²) in [6.07, 6.45) is -4.51. The molecular weight excluding hydrogens is 303 g/mol. The van der Waals surface area contributed by atoms with E-state index in [4.69, 9.17) is 22.6 Å². The number of nitrogens with two attached hydrogens (primary N) is 1. The first kappa shape index (κ1) is 15.3. The van der Waals surface area contributed by atoms with Crippen molar-refractivity contribution in [2.24, 2.45) is 0 Å². The Morgan fingerprint density at radius 1 is 1.24 bits per heavy atom. The van der Waals surface area contributed by atoms with Crippen LogP contribution in [0.3, 0.4) is 0 Å². The average molecular weight is 314 g/mol. The van der Waals surface area contributed by atoms with Crippen LogP contribution >= 0.6 is 11.6 Å². The first-order valence-corrected chi connectivity index (χ1v) is 6.30. The van der Waals surface area contributed by atoms with Crippen molar-refractivity contribution < 1.29 is 13.2 Å². The Labute approximate surface area is 124 Å². The molecule has 21 heavy (non-hydrogen) atoms. The van der Waals surface area contributed by atoms with Crippen molar-refractivity contribution in [2.75, 3.05) is 5.73 Å². The molecule has 0 atom stereocenters. The van der Waals surface area contributed by atoms with Gasteiger partial charge in [-0.2, -0.15) is 18.4 Å². The maximum Gasteiger partial charge on any atom is 0.416 e. The molecule has 3 nitrogen and oxygen atoms in total. The van der Waals surface area contributed by atoms with Gasteiger partial charge in [0, 0.05) is 16.4 Å². The van der Waals surface area contributed by atoms with Crippen LogP contribution in [0.4, 0.5) is 19.0 Å². The zero-order valence-electron chi connectivity index (χ0n) is 11.2. The smallest absolute Gasteiger partial charge is 0.384 e. The molecule has 0 unspecified atom stereocenters. The molecule has 0 saturated carbocycles. The third kappa shape index (κ3) is 2.57. The number of nitriles is 1.